The molecule has 0 aliphatic heterocycles. The van der Waals surface area contributed by atoms with Gasteiger partial charge in [0.15, 0.2) is 0 Å². The predicted octanol–water partition coefficient (Wildman–Crippen LogP) is 2.54. The molecule has 0 amide bonds. The zero-order valence-electron chi connectivity index (χ0n) is 11.8. The summed E-state index contributed by atoms with van der Waals surface area (Å²) in [5.74, 6) is 0.858. The molecule has 1 unspecified atom stereocenters. The zero-order valence-corrected chi connectivity index (χ0v) is 12.6. The Morgan fingerprint density at radius 2 is 2.05 bits per heavy atom. The molecule has 0 heterocycles. The summed E-state index contributed by atoms with van der Waals surface area (Å²) in [6.07, 6.45) is 3.83. The number of rotatable bonds is 6. The van der Waals surface area contributed by atoms with Gasteiger partial charge in [0.1, 0.15) is 0 Å². The van der Waals surface area contributed by atoms with Gasteiger partial charge in [-0.05, 0) is 37.5 Å². The summed E-state index contributed by atoms with van der Waals surface area (Å²) in [4.78, 5) is 0.334. The second-order valence-electron chi connectivity index (χ2n) is 5.54. The highest BCUT2D eigenvalue weighted by atomic mass is 32.2. The lowest BCUT2D eigenvalue weighted by Gasteiger charge is -2.17. The maximum absolute atomic E-state index is 12.1. The number of hydrogen-bond acceptors (Lipinski definition) is 3. The van der Waals surface area contributed by atoms with Gasteiger partial charge in [0.2, 0.25) is 10.0 Å². The zero-order chi connectivity index (χ0) is 14.0. The molecule has 0 spiro atoms. The lowest BCUT2D eigenvalue weighted by Crippen LogP contribution is -2.22. The minimum Gasteiger partial charge on any atom is -0.383 e. The molecule has 4 nitrogen and oxygen atoms in total. The average Bonchev–Trinajstić information content (AvgIpc) is 3.12. The van der Waals surface area contributed by atoms with E-state index in [0.29, 0.717) is 10.9 Å². The van der Waals surface area contributed by atoms with Crippen molar-refractivity contribution >= 4 is 15.7 Å². The second kappa shape index (κ2) is 5.51. The maximum atomic E-state index is 12.1. The summed E-state index contributed by atoms with van der Waals surface area (Å²) in [6.45, 7) is 2.14. The molecule has 1 saturated carbocycles. The van der Waals surface area contributed by atoms with E-state index in [1.165, 1.54) is 17.1 Å². The lowest BCUT2D eigenvalue weighted by molar-refractivity contribution is 0.520. The highest BCUT2D eigenvalue weighted by Gasteiger charge is 2.23. The molecule has 0 bridgehead atoms. The summed E-state index contributed by atoms with van der Waals surface area (Å²) in [5, 5.41) is 3.38. The van der Waals surface area contributed by atoms with Gasteiger partial charge in [0.05, 0.1) is 4.90 Å². The molecular formula is C14H22N2O2S. The van der Waals surface area contributed by atoms with Gasteiger partial charge >= 0.3 is 0 Å². The Kier molecular flexibility index (Phi) is 4.16. The van der Waals surface area contributed by atoms with Crippen molar-refractivity contribution in [2.45, 2.75) is 37.1 Å². The van der Waals surface area contributed by atoms with Crippen molar-refractivity contribution in [1.29, 1.82) is 0 Å². The number of sulfonamides is 1. The van der Waals surface area contributed by atoms with Crippen LogP contribution in [-0.4, -0.2) is 32.9 Å². The first kappa shape index (κ1) is 14.3. The van der Waals surface area contributed by atoms with Gasteiger partial charge in [-0.1, -0.05) is 18.9 Å². The fraction of sp³-hybridized carbons (Fsp3) is 0.571. The lowest BCUT2D eigenvalue weighted by atomic mass is 10.1. The van der Waals surface area contributed by atoms with Crippen LogP contribution in [0.3, 0.4) is 0 Å². The van der Waals surface area contributed by atoms with Crippen LogP contribution in [-0.2, 0) is 10.0 Å². The summed E-state index contributed by atoms with van der Waals surface area (Å²) in [5.41, 5.74) is 0.871. The monoisotopic (exact) mass is 282 g/mol. The number of benzene rings is 1. The molecule has 19 heavy (non-hydrogen) atoms. The van der Waals surface area contributed by atoms with Gasteiger partial charge in [0.25, 0.3) is 0 Å². The van der Waals surface area contributed by atoms with Crippen LogP contribution in [0.5, 0.6) is 0 Å². The van der Waals surface area contributed by atoms with Crippen LogP contribution in [0.4, 0.5) is 5.69 Å². The van der Waals surface area contributed by atoms with E-state index in [2.05, 4.69) is 12.2 Å². The molecule has 1 aliphatic rings. The van der Waals surface area contributed by atoms with Gasteiger partial charge in [-0.15, -0.1) is 0 Å². The molecule has 0 radical (unpaired) electrons. The molecule has 106 valence electrons. The molecule has 1 atom stereocenters. The van der Waals surface area contributed by atoms with Crippen molar-refractivity contribution in [1.82, 2.24) is 4.31 Å². The van der Waals surface area contributed by atoms with E-state index in [9.17, 15) is 8.42 Å². The third-order valence-corrected chi connectivity index (χ3v) is 5.22. The summed E-state index contributed by atoms with van der Waals surface area (Å²) >= 11 is 0. The maximum Gasteiger partial charge on any atom is 0.242 e. The van der Waals surface area contributed by atoms with Crippen LogP contribution in [0.25, 0.3) is 0 Å². The number of nitrogens with one attached hydrogen (secondary N) is 1. The van der Waals surface area contributed by atoms with Gasteiger partial charge in [-0.25, -0.2) is 12.7 Å². The van der Waals surface area contributed by atoms with Crippen LogP contribution >= 0.6 is 0 Å². The Morgan fingerprint density at radius 1 is 1.37 bits per heavy atom. The van der Waals surface area contributed by atoms with Crippen molar-refractivity contribution in [2.75, 3.05) is 19.4 Å². The third kappa shape index (κ3) is 3.70. The minimum atomic E-state index is -3.35. The Labute approximate surface area is 115 Å². The SMILES string of the molecule is CC(CC1CC1)Nc1cccc(S(=O)(=O)N(C)C)c1. The van der Waals surface area contributed by atoms with Crippen molar-refractivity contribution < 1.29 is 8.42 Å². The fourth-order valence-electron chi connectivity index (χ4n) is 2.15. The Balaban J connectivity index is 2.10. The predicted molar refractivity (Wildman–Crippen MR) is 77.7 cm³/mol. The quantitative estimate of drug-likeness (QED) is 0.872. The number of hydrogen-bond donors (Lipinski definition) is 1. The highest BCUT2D eigenvalue weighted by molar-refractivity contribution is 7.89. The Bertz CT molecular complexity index is 536. The number of nitrogens with zero attached hydrogens (tertiary/aromatic N) is 1. The van der Waals surface area contributed by atoms with Gasteiger partial charge in [0, 0.05) is 25.8 Å². The van der Waals surface area contributed by atoms with E-state index in [0.717, 1.165) is 18.0 Å². The molecule has 0 aromatic heterocycles. The average molecular weight is 282 g/mol. The first-order valence-electron chi connectivity index (χ1n) is 6.68. The first-order valence-corrected chi connectivity index (χ1v) is 8.12. The van der Waals surface area contributed by atoms with Crippen molar-refractivity contribution in [3.05, 3.63) is 24.3 Å². The van der Waals surface area contributed by atoms with E-state index < -0.39 is 10.0 Å². The van der Waals surface area contributed by atoms with Crippen molar-refractivity contribution in [3.63, 3.8) is 0 Å². The van der Waals surface area contributed by atoms with Crippen LogP contribution in [0.15, 0.2) is 29.2 Å². The van der Waals surface area contributed by atoms with E-state index >= 15 is 0 Å². The van der Waals surface area contributed by atoms with Gasteiger partial charge in [-0.2, -0.15) is 0 Å². The summed E-state index contributed by atoms with van der Waals surface area (Å²) < 4.78 is 25.3. The standard InChI is InChI=1S/C14H22N2O2S/c1-11(9-12-7-8-12)15-13-5-4-6-14(10-13)19(17,18)16(2)3/h4-6,10-12,15H,7-9H2,1-3H3. The van der Waals surface area contributed by atoms with Crippen LogP contribution in [0, 0.1) is 5.92 Å². The fourth-order valence-corrected chi connectivity index (χ4v) is 3.10. The van der Waals surface area contributed by atoms with E-state index in [1.807, 2.05) is 6.07 Å². The minimum absolute atomic E-state index is 0.334. The molecule has 1 N–H and O–H groups in total. The topological polar surface area (TPSA) is 49.4 Å². The number of anilines is 1. The van der Waals surface area contributed by atoms with E-state index in [1.54, 1.807) is 32.3 Å². The highest BCUT2D eigenvalue weighted by Crippen LogP contribution is 2.34. The summed E-state index contributed by atoms with van der Waals surface area (Å²) in [7, 11) is -0.259. The Hall–Kier alpha value is -1.07. The van der Waals surface area contributed by atoms with Crippen LogP contribution < -0.4 is 5.32 Å². The second-order valence-corrected chi connectivity index (χ2v) is 7.69. The molecule has 1 aromatic carbocycles. The normalized spacial score (nSPS) is 17.5. The smallest absolute Gasteiger partial charge is 0.242 e. The van der Waals surface area contributed by atoms with E-state index in [4.69, 9.17) is 0 Å². The largest absolute Gasteiger partial charge is 0.383 e. The van der Waals surface area contributed by atoms with Crippen molar-refractivity contribution in [2.24, 2.45) is 5.92 Å². The van der Waals surface area contributed by atoms with Crippen LogP contribution in [0.1, 0.15) is 26.2 Å². The molecule has 1 fully saturated rings. The molecule has 1 aromatic rings. The molecular weight excluding hydrogens is 260 g/mol. The van der Waals surface area contributed by atoms with Crippen molar-refractivity contribution in [3.8, 4) is 0 Å². The molecule has 0 saturated heterocycles. The van der Waals surface area contributed by atoms with E-state index in [-0.39, 0.29) is 0 Å². The van der Waals surface area contributed by atoms with Gasteiger partial charge < -0.3 is 5.32 Å². The third-order valence-electron chi connectivity index (χ3n) is 3.41. The van der Waals surface area contributed by atoms with Gasteiger partial charge in [-0.3, -0.25) is 0 Å². The van der Waals surface area contributed by atoms with Crippen LogP contribution in [0.2, 0.25) is 0 Å². The Morgan fingerprint density at radius 3 is 2.63 bits per heavy atom. The molecule has 1 aliphatic carbocycles. The first-order chi connectivity index (χ1) is 8.89. The summed E-state index contributed by atoms with van der Waals surface area (Å²) in [6, 6.07) is 7.41. The molecule has 5 heteroatoms. The molecule has 2 rings (SSSR count).